The van der Waals surface area contributed by atoms with Gasteiger partial charge in [0.05, 0.1) is 13.2 Å². The van der Waals surface area contributed by atoms with Gasteiger partial charge in [-0.2, -0.15) is 0 Å². The molecule has 0 saturated heterocycles. The van der Waals surface area contributed by atoms with Crippen molar-refractivity contribution >= 4 is 17.9 Å². The van der Waals surface area contributed by atoms with Gasteiger partial charge in [-0.05, 0) is 26.7 Å². The Bertz CT molecular complexity index is 689. The van der Waals surface area contributed by atoms with E-state index in [0.717, 1.165) is 0 Å². The number of hydrogen-bond donors (Lipinski definition) is 3. The quantitative estimate of drug-likeness (QED) is 0.224. The largest absolute Gasteiger partial charge is 0.446 e. The molecule has 0 aliphatic heterocycles. The number of hydrogen-bond acceptors (Lipinski definition) is 9. The summed E-state index contributed by atoms with van der Waals surface area (Å²) in [6.07, 6.45) is 0. The predicted molar refractivity (Wildman–Crippen MR) is 92.3 cm³/mol. The Morgan fingerprint density at radius 1 is 0.778 bits per heavy atom. The molecule has 0 radical (unpaired) electrons. The molecule has 9 nitrogen and oxygen atoms in total. The second-order valence-electron chi connectivity index (χ2n) is 5.65. The molecular formula is C18H22O9. The Morgan fingerprint density at radius 3 is 1.41 bits per heavy atom. The zero-order chi connectivity index (χ0) is 21.4. The molecule has 0 fully saturated rings. The van der Waals surface area contributed by atoms with Crippen LogP contribution < -0.4 is 0 Å². The second kappa shape index (κ2) is 9.68. The lowest BCUT2D eigenvalue weighted by molar-refractivity contribution is -0.286. The van der Waals surface area contributed by atoms with Crippen molar-refractivity contribution in [2.24, 2.45) is 0 Å². The van der Waals surface area contributed by atoms with E-state index in [2.05, 4.69) is 29.2 Å². The fraction of sp³-hybridized carbons (Fsp3) is 0.389. The van der Waals surface area contributed by atoms with Crippen LogP contribution in [-0.2, 0) is 28.6 Å². The van der Waals surface area contributed by atoms with Crippen LogP contribution in [-0.4, -0.2) is 58.0 Å². The van der Waals surface area contributed by atoms with E-state index in [0.29, 0.717) is 0 Å². The van der Waals surface area contributed by atoms with Gasteiger partial charge in [-0.3, -0.25) is 0 Å². The Labute approximate surface area is 156 Å². The van der Waals surface area contributed by atoms with Crippen molar-refractivity contribution in [1.29, 1.82) is 0 Å². The second-order valence-corrected chi connectivity index (χ2v) is 5.65. The van der Waals surface area contributed by atoms with E-state index in [1.165, 1.54) is 20.8 Å². The molecule has 0 aromatic rings. The molecule has 148 valence electrons. The van der Waals surface area contributed by atoms with Crippen molar-refractivity contribution in [2.45, 2.75) is 32.3 Å². The SMILES string of the molecule is C=C(C)C(=O)OC(C#CC(O)(OC(=O)C(=C)C)OC(=O)C(=C)C)(CO)CO. The lowest BCUT2D eigenvalue weighted by Crippen LogP contribution is -2.44. The molecule has 0 amide bonds. The predicted octanol–water partition coefficient (Wildman–Crippen LogP) is -0.283. The van der Waals surface area contributed by atoms with Gasteiger partial charge >= 0.3 is 23.9 Å². The Morgan fingerprint density at radius 2 is 1.11 bits per heavy atom. The average molecular weight is 382 g/mol. The molecule has 0 aliphatic carbocycles. The summed E-state index contributed by atoms with van der Waals surface area (Å²) in [5, 5.41) is 29.2. The minimum absolute atomic E-state index is 0.0549. The number of aliphatic hydroxyl groups excluding tert-OH is 2. The van der Waals surface area contributed by atoms with Gasteiger partial charge in [-0.15, -0.1) is 0 Å². The molecule has 0 aliphatic rings. The molecule has 0 atom stereocenters. The van der Waals surface area contributed by atoms with Crippen LogP contribution in [0.15, 0.2) is 36.5 Å². The summed E-state index contributed by atoms with van der Waals surface area (Å²) in [4.78, 5) is 35.0. The standard InChI is InChI=1S/C18H22O9/c1-11(2)14(21)25-17(9-19,10-20)7-8-18(24,26-15(22)12(3)4)27-16(23)13(5)6/h19-20,24H,1,3,5,9-10H2,2,4,6H3. The molecule has 27 heavy (non-hydrogen) atoms. The van der Waals surface area contributed by atoms with Gasteiger partial charge in [-0.25, -0.2) is 14.4 Å². The van der Waals surface area contributed by atoms with Crippen molar-refractivity contribution in [2.75, 3.05) is 13.2 Å². The molecule has 9 heteroatoms. The summed E-state index contributed by atoms with van der Waals surface area (Å²) in [5.74, 6) is -2.51. The van der Waals surface area contributed by atoms with Crippen molar-refractivity contribution in [3.05, 3.63) is 36.5 Å². The Balaban J connectivity index is 5.99. The lowest BCUT2D eigenvalue weighted by atomic mass is 10.1. The molecular weight excluding hydrogens is 360 g/mol. The first-order valence-electron chi connectivity index (χ1n) is 7.46. The minimum atomic E-state index is -3.13. The Kier molecular flexibility index (Phi) is 8.63. The normalized spacial score (nSPS) is 10.7. The van der Waals surface area contributed by atoms with E-state index < -0.39 is 42.7 Å². The van der Waals surface area contributed by atoms with Crippen LogP contribution in [0, 0.1) is 11.8 Å². The molecule has 0 rings (SSSR count). The van der Waals surface area contributed by atoms with Crippen molar-refractivity contribution in [3.63, 3.8) is 0 Å². The molecule has 3 N–H and O–H groups in total. The number of ether oxygens (including phenoxy) is 3. The van der Waals surface area contributed by atoms with Crippen LogP contribution in [0.5, 0.6) is 0 Å². The summed E-state index contributed by atoms with van der Waals surface area (Å²) in [6.45, 7) is 11.8. The zero-order valence-electron chi connectivity index (χ0n) is 15.3. The molecule has 0 unspecified atom stereocenters. The van der Waals surface area contributed by atoms with E-state index >= 15 is 0 Å². The fourth-order valence-electron chi connectivity index (χ4n) is 1.17. The van der Waals surface area contributed by atoms with E-state index in [4.69, 9.17) is 4.74 Å². The van der Waals surface area contributed by atoms with Crippen LogP contribution in [0.1, 0.15) is 20.8 Å². The number of esters is 3. The number of aliphatic hydroxyl groups is 3. The van der Waals surface area contributed by atoms with Gasteiger partial charge in [0.15, 0.2) is 0 Å². The maximum atomic E-state index is 11.7. The first kappa shape index (κ1) is 24.1. The third-order valence-corrected chi connectivity index (χ3v) is 2.75. The van der Waals surface area contributed by atoms with Gasteiger partial charge < -0.3 is 29.5 Å². The lowest BCUT2D eigenvalue weighted by Gasteiger charge is -2.26. The average Bonchev–Trinajstić information content (AvgIpc) is 2.58. The van der Waals surface area contributed by atoms with Crippen molar-refractivity contribution in [1.82, 2.24) is 0 Å². The van der Waals surface area contributed by atoms with Gasteiger partial charge in [0.1, 0.15) is 0 Å². The van der Waals surface area contributed by atoms with Crippen LogP contribution in [0.4, 0.5) is 0 Å². The van der Waals surface area contributed by atoms with Gasteiger partial charge in [0, 0.05) is 22.6 Å². The molecule has 0 heterocycles. The Hall–Kier alpha value is -2.93. The van der Waals surface area contributed by atoms with Gasteiger partial charge in [0.2, 0.25) is 5.60 Å². The highest BCUT2D eigenvalue weighted by molar-refractivity contribution is 5.89. The number of carbonyl (C=O) groups excluding carboxylic acids is 3. The highest BCUT2D eigenvalue weighted by Gasteiger charge is 2.38. The molecule has 0 aromatic heterocycles. The summed E-state index contributed by atoms with van der Waals surface area (Å²) >= 11 is 0. The maximum Gasteiger partial charge on any atom is 0.446 e. The van der Waals surface area contributed by atoms with E-state index in [1.54, 1.807) is 0 Å². The molecule has 0 aromatic carbocycles. The van der Waals surface area contributed by atoms with Gasteiger partial charge in [-0.1, -0.05) is 19.7 Å². The highest BCUT2D eigenvalue weighted by atomic mass is 16.8. The summed E-state index contributed by atoms with van der Waals surface area (Å²) < 4.78 is 14.0. The summed E-state index contributed by atoms with van der Waals surface area (Å²) in [6, 6.07) is 0. The van der Waals surface area contributed by atoms with E-state index in [-0.39, 0.29) is 16.7 Å². The minimum Gasteiger partial charge on any atom is -0.437 e. The molecule has 0 spiro atoms. The number of rotatable bonds is 8. The first-order chi connectivity index (χ1) is 12.3. The van der Waals surface area contributed by atoms with E-state index in [9.17, 15) is 29.7 Å². The van der Waals surface area contributed by atoms with Crippen LogP contribution >= 0.6 is 0 Å². The molecule has 0 bridgehead atoms. The summed E-state index contributed by atoms with van der Waals surface area (Å²) in [7, 11) is 0. The first-order valence-corrected chi connectivity index (χ1v) is 7.46. The van der Waals surface area contributed by atoms with Crippen LogP contribution in [0.25, 0.3) is 0 Å². The third kappa shape index (κ3) is 7.45. The van der Waals surface area contributed by atoms with Gasteiger partial charge in [0.25, 0.3) is 0 Å². The number of carbonyl (C=O) groups is 3. The zero-order valence-corrected chi connectivity index (χ0v) is 15.3. The highest BCUT2D eigenvalue weighted by Crippen LogP contribution is 2.17. The van der Waals surface area contributed by atoms with E-state index in [1.807, 2.05) is 11.8 Å². The van der Waals surface area contributed by atoms with Crippen LogP contribution in [0.3, 0.4) is 0 Å². The third-order valence-electron chi connectivity index (χ3n) is 2.75. The summed E-state index contributed by atoms with van der Waals surface area (Å²) in [5.41, 5.74) is -2.55. The van der Waals surface area contributed by atoms with Crippen LogP contribution in [0.2, 0.25) is 0 Å². The fourth-order valence-corrected chi connectivity index (χ4v) is 1.17. The smallest absolute Gasteiger partial charge is 0.437 e. The van der Waals surface area contributed by atoms with Crippen molar-refractivity contribution < 1.29 is 43.9 Å². The topological polar surface area (TPSA) is 140 Å². The maximum absolute atomic E-state index is 11.7. The monoisotopic (exact) mass is 382 g/mol. The van der Waals surface area contributed by atoms with Crippen molar-refractivity contribution in [3.8, 4) is 11.8 Å². The molecule has 0 saturated carbocycles.